The fourth-order valence-corrected chi connectivity index (χ4v) is 2.88. The van der Waals surface area contributed by atoms with E-state index in [1.807, 2.05) is 38.1 Å². The number of fused-ring (bicyclic) bond motifs is 1. The van der Waals surface area contributed by atoms with Crippen molar-refractivity contribution in [2.45, 2.75) is 20.4 Å². The highest BCUT2D eigenvalue weighted by molar-refractivity contribution is 7.18. The highest BCUT2D eigenvalue weighted by Crippen LogP contribution is 2.21. The molecule has 0 bridgehead atoms. The Bertz CT molecular complexity index is 532. The van der Waals surface area contributed by atoms with Crippen molar-refractivity contribution in [1.29, 1.82) is 0 Å². The number of benzene rings is 1. The number of hydrogen-bond acceptors (Lipinski definition) is 4. The molecule has 3 N–H and O–H groups in total. The molecule has 0 saturated heterocycles. The zero-order chi connectivity index (χ0) is 13.8. The zero-order valence-corrected chi connectivity index (χ0v) is 12.0. The van der Waals surface area contributed by atoms with E-state index in [-0.39, 0.29) is 17.7 Å². The number of amides is 1. The summed E-state index contributed by atoms with van der Waals surface area (Å²) < 4.78 is 1.14. The first-order chi connectivity index (χ1) is 9.11. The number of hydrogen-bond donors (Lipinski definition) is 2. The molecule has 1 aromatic carbocycles. The van der Waals surface area contributed by atoms with E-state index in [2.05, 4.69) is 10.3 Å². The van der Waals surface area contributed by atoms with E-state index in [9.17, 15) is 4.79 Å². The lowest BCUT2D eigenvalue weighted by atomic mass is 9.95. The lowest BCUT2D eigenvalue weighted by Crippen LogP contribution is -2.37. The van der Waals surface area contributed by atoms with E-state index in [0.29, 0.717) is 13.1 Å². The number of para-hydroxylation sites is 1. The van der Waals surface area contributed by atoms with Crippen molar-refractivity contribution in [2.24, 2.45) is 17.6 Å². The van der Waals surface area contributed by atoms with Gasteiger partial charge in [-0.3, -0.25) is 4.79 Å². The van der Waals surface area contributed by atoms with Crippen LogP contribution in [0.15, 0.2) is 24.3 Å². The number of rotatable bonds is 5. The highest BCUT2D eigenvalue weighted by atomic mass is 32.1. The number of nitrogens with two attached hydrogens (primary N) is 1. The minimum absolute atomic E-state index is 0.0109. The van der Waals surface area contributed by atoms with Crippen LogP contribution in [-0.4, -0.2) is 17.4 Å². The van der Waals surface area contributed by atoms with Gasteiger partial charge in [0, 0.05) is 6.54 Å². The number of carbonyl (C=O) groups excluding carboxylic acids is 1. The van der Waals surface area contributed by atoms with Crippen molar-refractivity contribution in [3.05, 3.63) is 29.3 Å². The van der Waals surface area contributed by atoms with Crippen LogP contribution in [0, 0.1) is 11.8 Å². The van der Waals surface area contributed by atoms with Crippen LogP contribution in [0.4, 0.5) is 0 Å². The summed E-state index contributed by atoms with van der Waals surface area (Å²) in [5.74, 6) is 0.131. The molecule has 1 unspecified atom stereocenters. The number of nitrogens with one attached hydrogen (secondary N) is 1. The predicted molar refractivity (Wildman–Crippen MR) is 78.8 cm³/mol. The minimum atomic E-state index is -0.130. The van der Waals surface area contributed by atoms with Crippen LogP contribution in [-0.2, 0) is 11.3 Å². The molecule has 0 fully saturated rings. The molecule has 0 aliphatic heterocycles. The van der Waals surface area contributed by atoms with Gasteiger partial charge in [-0.15, -0.1) is 11.3 Å². The van der Waals surface area contributed by atoms with E-state index < -0.39 is 0 Å². The number of aromatic nitrogens is 1. The molecule has 0 radical (unpaired) electrons. The first-order valence-corrected chi connectivity index (χ1v) is 7.25. The number of carbonyl (C=O) groups is 1. The zero-order valence-electron chi connectivity index (χ0n) is 11.2. The third-order valence-corrected chi connectivity index (χ3v) is 4.18. The molecule has 1 amide bonds. The summed E-state index contributed by atoms with van der Waals surface area (Å²) in [6.07, 6.45) is 0. The first kappa shape index (κ1) is 14.0. The molecular formula is C14H19N3OS. The summed E-state index contributed by atoms with van der Waals surface area (Å²) in [4.78, 5) is 16.5. The van der Waals surface area contributed by atoms with Gasteiger partial charge in [0.1, 0.15) is 5.01 Å². The average molecular weight is 277 g/mol. The second kappa shape index (κ2) is 6.12. The predicted octanol–water partition coefficient (Wildman–Crippen LogP) is 2.14. The molecule has 19 heavy (non-hydrogen) atoms. The van der Waals surface area contributed by atoms with E-state index in [0.717, 1.165) is 15.2 Å². The van der Waals surface area contributed by atoms with Crippen LogP contribution in [0.1, 0.15) is 18.9 Å². The Balaban J connectivity index is 2.00. The molecule has 2 aromatic rings. The average Bonchev–Trinajstić information content (AvgIpc) is 2.79. The second-order valence-corrected chi connectivity index (χ2v) is 5.99. The van der Waals surface area contributed by atoms with E-state index in [4.69, 9.17) is 5.73 Å². The normalized spacial score (nSPS) is 12.8. The lowest BCUT2D eigenvalue weighted by molar-refractivity contribution is -0.126. The van der Waals surface area contributed by atoms with Crippen molar-refractivity contribution in [3.63, 3.8) is 0 Å². The quantitative estimate of drug-likeness (QED) is 0.880. The van der Waals surface area contributed by atoms with Gasteiger partial charge >= 0.3 is 0 Å². The molecule has 1 atom stereocenters. The fraction of sp³-hybridized carbons (Fsp3) is 0.429. The van der Waals surface area contributed by atoms with E-state index in [1.165, 1.54) is 0 Å². The van der Waals surface area contributed by atoms with Gasteiger partial charge in [-0.05, 0) is 18.1 Å². The standard InChI is InChI=1S/C14H19N3OS/c1-9(2)10(7-15)14(18)16-8-13-17-11-5-3-4-6-12(11)19-13/h3-6,9-10H,7-8,15H2,1-2H3,(H,16,18). The molecular weight excluding hydrogens is 258 g/mol. The second-order valence-electron chi connectivity index (χ2n) is 4.88. The van der Waals surface area contributed by atoms with Crippen molar-refractivity contribution in [2.75, 3.05) is 6.54 Å². The molecule has 0 aliphatic carbocycles. The molecule has 5 heteroatoms. The summed E-state index contributed by atoms with van der Waals surface area (Å²) in [7, 11) is 0. The summed E-state index contributed by atoms with van der Waals surface area (Å²) in [6, 6.07) is 7.98. The molecule has 0 spiro atoms. The van der Waals surface area contributed by atoms with Crippen molar-refractivity contribution < 1.29 is 4.79 Å². The van der Waals surface area contributed by atoms with Gasteiger partial charge in [0.2, 0.25) is 5.91 Å². The Kier molecular flexibility index (Phi) is 4.50. The Morgan fingerprint density at radius 3 is 2.79 bits per heavy atom. The molecule has 1 heterocycles. The van der Waals surface area contributed by atoms with Gasteiger partial charge < -0.3 is 11.1 Å². The Morgan fingerprint density at radius 2 is 2.16 bits per heavy atom. The third-order valence-electron chi connectivity index (χ3n) is 3.15. The lowest BCUT2D eigenvalue weighted by Gasteiger charge is -2.17. The SMILES string of the molecule is CC(C)C(CN)C(=O)NCc1nc2ccccc2s1. The van der Waals surface area contributed by atoms with E-state index in [1.54, 1.807) is 11.3 Å². The maximum atomic E-state index is 12.0. The van der Waals surface area contributed by atoms with Gasteiger partial charge in [-0.25, -0.2) is 4.98 Å². The Morgan fingerprint density at radius 1 is 1.42 bits per heavy atom. The van der Waals surface area contributed by atoms with Crippen LogP contribution in [0.25, 0.3) is 10.2 Å². The highest BCUT2D eigenvalue weighted by Gasteiger charge is 2.20. The Labute approximate surface area is 117 Å². The van der Waals surface area contributed by atoms with Crippen molar-refractivity contribution >= 4 is 27.5 Å². The van der Waals surface area contributed by atoms with Crippen molar-refractivity contribution in [3.8, 4) is 0 Å². The van der Waals surface area contributed by atoms with Gasteiger partial charge in [-0.2, -0.15) is 0 Å². The maximum Gasteiger partial charge on any atom is 0.224 e. The number of nitrogens with zero attached hydrogens (tertiary/aromatic N) is 1. The fourth-order valence-electron chi connectivity index (χ4n) is 1.97. The molecule has 2 rings (SSSR count). The van der Waals surface area contributed by atoms with Crippen LogP contribution in [0.5, 0.6) is 0 Å². The largest absolute Gasteiger partial charge is 0.349 e. The van der Waals surface area contributed by atoms with E-state index >= 15 is 0 Å². The summed E-state index contributed by atoms with van der Waals surface area (Å²) >= 11 is 1.61. The van der Waals surface area contributed by atoms with Crippen LogP contribution in [0.3, 0.4) is 0 Å². The molecule has 0 saturated carbocycles. The van der Waals surface area contributed by atoms with Crippen LogP contribution >= 0.6 is 11.3 Å². The first-order valence-electron chi connectivity index (χ1n) is 6.44. The third kappa shape index (κ3) is 3.30. The molecule has 0 aliphatic rings. The van der Waals surface area contributed by atoms with Gasteiger partial charge in [0.05, 0.1) is 22.7 Å². The van der Waals surface area contributed by atoms with Gasteiger partial charge in [0.25, 0.3) is 0 Å². The smallest absolute Gasteiger partial charge is 0.224 e. The Hall–Kier alpha value is -1.46. The summed E-state index contributed by atoms with van der Waals surface area (Å²) in [5, 5.41) is 3.85. The maximum absolute atomic E-state index is 12.0. The molecule has 4 nitrogen and oxygen atoms in total. The van der Waals surface area contributed by atoms with Crippen LogP contribution in [0.2, 0.25) is 0 Å². The van der Waals surface area contributed by atoms with Gasteiger partial charge in [0.15, 0.2) is 0 Å². The summed E-state index contributed by atoms with van der Waals surface area (Å²) in [6.45, 7) is 4.87. The number of thiazole rings is 1. The molecule has 102 valence electrons. The van der Waals surface area contributed by atoms with Crippen molar-refractivity contribution in [1.82, 2.24) is 10.3 Å². The topological polar surface area (TPSA) is 68.0 Å². The monoisotopic (exact) mass is 277 g/mol. The summed E-state index contributed by atoms with van der Waals surface area (Å²) in [5.41, 5.74) is 6.61. The van der Waals surface area contributed by atoms with Crippen LogP contribution < -0.4 is 11.1 Å². The molecule has 1 aromatic heterocycles. The minimum Gasteiger partial charge on any atom is -0.349 e. The van der Waals surface area contributed by atoms with Gasteiger partial charge in [-0.1, -0.05) is 26.0 Å².